The molecule has 2 aromatic heterocycles. The molecule has 2 atom stereocenters. The number of aromatic carboxylic acids is 1. The smallest absolute Gasteiger partial charge is 0.335 e. The van der Waals surface area contributed by atoms with Gasteiger partial charge in [-0.2, -0.15) is 0 Å². The fourth-order valence-corrected chi connectivity index (χ4v) is 4.87. The molecule has 0 amide bonds. The highest BCUT2D eigenvalue weighted by Crippen LogP contribution is 2.42. The number of carboxylic acid groups (broad SMARTS) is 1. The fourth-order valence-electron chi connectivity index (χ4n) is 4.53. The van der Waals surface area contributed by atoms with Gasteiger partial charge in [-0.05, 0) is 98.9 Å². The van der Waals surface area contributed by atoms with Gasteiger partial charge in [-0.25, -0.2) is 4.79 Å². The summed E-state index contributed by atoms with van der Waals surface area (Å²) in [6.45, 7) is 4.00. The number of rotatable bonds is 7. The van der Waals surface area contributed by atoms with Gasteiger partial charge in [0, 0.05) is 29.5 Å². The van der Waals surface area contributed by atoms with Crippen LogP contribution >= 0.6 is 12.2 Å². The summed E-state index contributed by atoms with van der Waals surface area (Å²) in [4.78, 5) is 18.1. The summed E-state index contributed by atoms with van der Waals surface area (Å²) in [5.41, 5.74) is 3.90. The summed E-state index contributed by atoms with van der Waals surface area (Å²) in [5, 5.41) is 13.4. The molecule has 8 heteroatoms. The van der Waals surface area contributed by atoms with E-state index in [1.54, 1.807) is 18.3 Å². The van der Waals surface area contributed by atoms with Gasteiger partial charge in [-0.3, -0.25) is 4.98 Å². The number of thiocarbonyl (C=S) groups is 1. The lowest BCUT2D eigenvalue weighted by atomic mass is 10.0. The van der Waals surface area contributed by atoms with Gasteiger partial charge in [-0.1, -0.05) is 6.07 Å². The molecule has 36 heavy (non-hydrogen) atoms. The van der Waals surface area contributed by atoms with Crippen LogP contribution in [0.25, 0.3) is 5.69 Å². The predicted octanol–water partition coefficient (Wildman–Crippen LogP) is 5.53. The number of hydrogen-bond acceptors (Lipinski definition) is 4. The van der Waals surface area contributed by atoms with Gasteiger partial charge in [0.2, 0.25) is 0 Å². The van der Waals surface area contributed by atoms with E-state index in [0.29, 0.717) is 5.11 Å². The molecule has 0 bridgehead atoms. The number of nitrogens with one attached hydrogen (secondary N) is 1. The van der Waals surface area contributed by atoms with Crippen molar-refractivity contribution in [3.05, 3.63) is 108 Å². The molecule has 2 aromatic carbocycles. The Morgan fingerprint density at radius 2 is 1.72 bits per heavy atom. The molecule has 1 aliphatic rings. The van der Waals surface area contributed by atoms with Crippen molar-refractivity contribution in [2.24, 2.45) is 0 Å². The van der Waals surface area contributed by atoms with Crippen molar-refractivity contribution in [2.75, 3.05) is 4.90 Å². The van der Waals surface area contributed by atoms with Crippen LogP contribution in [-0.4, -0.2) is 31.8 Å². The fraction of sp³-hybridized carbons (Fsp3) is 0.179. The van der Waals surface area contributed by atoms with E-state index in [1.807, 2.05) is 80.7 Å². The van der Waals surface area contributed by atoms with Crippen molar-refractivity contribution < 1.29 is 14.6 Å². The average molecular weight is 499 g/mol. The van der Waals surface area contributed by atoms with Crippen molar-refractivity contribution in [3.63, 3.8) is 0 Å². The molecule has 4 aromatic rings. The standard InChI is InChI=1S/C28H26N4O3S/c1-18(2)35-22-14-12-21(13-15-22)32-26(25(30-28(32)36)23-6-3-4-16-29-23)24-7-5-17-31(24)20-10-8-19(9-11-20)27(33)34/h3-18,25-26H,1-2H3,(H,30,36)(H,33,34)/t25-,26+/m1/s1. The molecule has 1 fully saturated rings. The van der Waals surface area contributed by atoms with Crippen LogP contribution in [0.2, 0.25) is 0 Å². The van der Waals surface area contributed by atoms with Crippen LogP contribution in [0, 0.1) is 0 Å². The first kappa shape index (κ1) is 23.6. The van der Waals surface area contributed by atoms with Crippen LogP contribution in [0.5, 0.6) is 5.75 Å². The second kappa shape index (κ2) is 9.83. The number of carbonyl (C=O) groups is 1. The number of carboxylic acids is 1. The van der Waals surface area contributed by atoms with E-state index in [1.165, 1.54) is 0 Å². The maximum Gasteiger partial charge on any atom is 0.335 e. The topological polar surface area (TPSA) is 79.6 Å². The monoisotopic (exact) mass is 498 g/mol. The molecule has 0 unspecified atom stereocenters. The zero-order chi connectivity index (χ0) is 25.2. The van der Waals surface area contributed by atoms with E-state index in [0.717, 1.165) is 28.5 Å². The minimum Gasteiger partial charge on any atom is -0.491 e. The third kappa shape index (κ3) is 4.55. The summed E-state index contributed by atoms with van der Waals surface area (Å²) in [5.74, 6) is -0.155. The zero-order valence-corrected chi connectivity index (χ0v) is 20.7. The summed E-state index contributed by atoms with van der Waals surface area (Å²) in [7, 11) is 0. The van der Waals surface area contributed by atoms with Crippen LogP contribution in [0.3, 0.4) is 0 Å². The van der Waals surface area contributed by atoms with Crippen molar-refractivity contribution in [1.82, 2.24) is 14.9 Å². The Morgan fingerprint density at radius 3 is 2.36 bits per heavy atom. The lowest BCUT2D eigenvalue weighted by Crippen LogP contribution is -2.30. The van der Waals surface area contributed by atoms with Gasteiger partial charge < -0.3 is 24.6 Å². The molecule has 0 saturated carbocycles. The summed E-state index contributed by atoms with van der Waals surface area (Å²) in [6, 6.07) is 24.2. The van der Waals surface area contributed by atoms with Gasteiger partial charge in [0.15, 0.2) is 5.11 Å². The van der Waals surface area contributed by atoms with Gasteiger partial charge in [0.05, 0.1) is 23.4 Å². The van der Waals surface area contributed by atoms with Gasteiger partial charge in [0.25, 0.3) is 0 Å². The van der Waals surface area contributed by atoms with Crippen molar-refractivity contribution in [1.29, 1.82) is 0 Å². The number of hydrogen-bond donors (Lipinski definition) is 2. The van der Waals surface area contributed by atoms with Gasteiger partial charge >= 0.3 is 5.97 Å². The van der Waals surface area contributed by atoms with Gasteiger partial charge in [-0.15, -0.1) is 0 Å². The molecule has 2 N–H and O–H groups in total. The third-order valence-corrected chi connectivity index (χ3v) is 6.38. The number of benzene rings is 2. The van der Waals surface area contributed by atoms with E-state index in [2.05, 4.69) is 25.8 Å². The van der Waals surface area contributed by atoms with Crippen LogP contribution in [0.15, 0.2) is 91.3 Å². The summed E-state index contributed by atoms with van der Waals surface area (Å²) >= 11 is 5.84. The van der Waals surface area contributed by atoms with Gasteiger partial charge in [0.1, 0.15) is 11.8 Å². The molecular weight excluding hydrogens is 472 g/mol. The van der Waals surface area contributed by atoms with Crippen LogP contribution in [0.1, 0.15) is 47.7 Å². The molecule has 5 rings (SSSR count). The molecule has 1 aliphatic heterocycles. The minimum atomic E-state index is -0.953. The highest BCUT2D eigenvalue weighted by atomic mass is 32.1. The first-order valence-electron chi connectivity index (χ1n) is 11.7. The zero-order valence-electron chi connectivity index (χ0n) is 19.9. The Balaban J connectivity index is 1.59. The Morgan fingerprint density at radius 1 is 1.00 bits per heavy atom. The van der Waals surface area contributed by atoms with Crippen LogP contribution in [0.4, 0.5) is 5.69 Å². The highest BCUT2D eigenvalue weighted by Gasteiger charge is 2.42. The molecule has 0 aliphatic carbocycles. The van der Waals surface area contributed by atoms with Crippen molar-refractivity contribution in [2.45, 2.75) is 32.0 Å². The van der Waals surface area contributed by atoms with E-state index in [-0.39, 0.29) is 23.8 Å². The van der Waals surface area contributed by atoms with E-state index >= 15 is 0 Å². The number of pyridine rings is 1. The largest absolute Gasteiger partial charge is 0.491 e. The Bertz CT molecular complexity index is 1370. The Hall–Kier alpha value is -4.17. The normalized spacial score (nSPS) is 17.3. The first-order chi connectivity index (χ1) is 17.4. The molecular formula is C28H26N4O3S. The van der Waals surface area contributed by atoms with E-state index in [9.17, 15) is 9.90 Å². The number of aromatic nitrogens is 2. The maximum absolute atomic E-state index is 11.3. The first-order valence-corrected chi connectivity index (χ1v) is 12.1. The molecule has 3 heterocycles. The molecule has 7 nitrogen and oxygen atoms in total. The molecule has 1 saturated heterocycles. The van der Waals surface area contributed by atoms with Crippen LogP contribution < -0.4 is 15.0 Å². The minimum absolute atomic E-state index is 0.0856. The maximum atomic E-state index is 11.3. The Labute approximate surface area is 215 Å². The van der Waals surface area contributed by atoms with E-state index in [4.69, 9.17) is 17.0 Å². The third-order valence-electron chi connectivity index (χ3n) is 6.06. The van der Waals surface area contributed by atoms with Crippen molar-refractivity contribution >= 4 is 29.0 Å². The SMILES string of the molecule is CC(C)Oc1ccc(N2C(=S)N[C@H](c3ccccn3)[C@@H]2c2cccn2-c2ccc(C(=O)O)cc2)cc1. The second-order valence-corrected chi connectivity index (χ2v) is 9.20. The quantitative estimate of drug-likeness (QED) is 0.324. The summed E-state index contributed by atoms with van der Waals surface area (Å²) in [6.07, 6.45) is 3.84. The number of anilines is 1. The molecule has 0 spiro atoms. The number of ether oxygens (including phenoxy) is 1. The predicted molar refractivity (Wildman–Crippen MR) is 143 cm³/mol. The lowest BCUT2D eigenvalue weighted by Gasteiger charge is -2.29. The van der Waals surface area contributed by atoms with Crippen molar-refractivity contribution in [3.8, 4) is 11.4 Å². The van der Waals surface area contributed by atoms with E-state index < -0.39 is 5.97 Å². The summed E-state index contributed by atoms with van der Waals surface area (Å²) < 4.78 is 7.89. The average Bonchev–Trinajstić information content (AvgIpc) is 3.49. The highest BCUT2D eigenvalue weighted by molar-refractivity contribution is 7.80. The second-order valence-electron chi connectivity index (χ2n) is 8.81. The Kier molecular flexibility index (Phi) is 6.43. The molecule has 0 radical (unpaired) electrons. The number of nitrogens with zero attached hydrogens (tertiary/aromatic N) is 3. The molecule has 182 valence electrons. The lowest BCUT2D eigenvalue weighted by molar-refractivity contribution is 0.0697. The van der Waals surface area contributed by atoms with Crippen LogP contribution in [-0.2, 0) is 0 Å².